The molecule has 1 fully saturated rings. The summed E-state index contributed by atoms with van der Waals surface area (Å²) in [6.45, 7) is 3.32. The molecule has 1 aromatic heterocycles. The first-order chi connectivity index (χ1) is 6.27. The number of nitrogens with one attached hydrogen (secondary N) is 1. The van der Waals surface area contributed by atoms with Crippen LogP contribution < -0.4 is 5.32 Å². The fraction of sp³-hybridized carbons (Fsp3) is 0.700. The van der Waals surface area contributed by atoms with Crippen molar-refractivity contribution in [3.63, 3.8) is 0 Å². The Labute approximate surface area is 79.1 Å². The summed E-state index contributed by atoms with van der Waals surface area (Å²) in [6, 6.07) is 0.683. The summed E-state index contributed by atoms with van der Waals surface area (Å²) in [7, 11) is 2.00. The highest BCUT2D eigenvalue weighted by molar-refractivity contribution is 5.17. The molecule has 0 aromatic carbocycles. The molecule has 1 aliphatic heterocycles. The first kappa shape index (κ1) is 8.75. The second kappa shape index (κ2) is 3.50. The molecular weight excluding hydrogens is 162 g/mol. The monoisotopic (exact) mass is 179 g/mol. The van der Waals surface area contributed by atoms with Gasteiger partial charge in [0.15, 0.2) is 0 Å². The van der Waals surface area contributed by atoms with Crippen LogP contribution in [0.2, 0.25) is 0 Å². The van der Waals surface area contributed by atoms with Crippen LogP contribution in [-0.4, -0.2) is 22.4 Å². The van der Waals surface area contributed by atoms with E-state index < -0.39 is 0 Å². The minimum Gasteiger partial charge on any atom is -0.314 e. The average molecular weight is 179 g/mol. The van der Waals surface area contributed by atoms with E-state index in [2.05, 4.69) is 17.3 Å². The van der Waals surface area contributed by atoms with Crippen LogP contribution in [0, 0.1) is 6.92 Å². The summed E-state index contributed by atoms with van der Waals surface area (Å²) in [5.41, 5.74) is 2.69. The van der Waals surface area contributed by atoms with Crippen LogP contribution in [0.25, 0.3) is 0 Å². The molecule has 0 radical (unpaired) electrons. The van der Waals surface area contributed by atoms with E-state index in [1.54, 1.807) is 0 Å². The van der Waals surface area contributed by atoms with Gasteiger partial charge in [-0.05, 0) is 38.3 Å². The second-order valence-electron chi connectivity index (χ2n) is 3.88. The van der Waals surface area contributed by atoms with Gasteiger partial charge in [-0.15, -0.1) is 0 Å². The Bertz CT molecular complexity index is 284. The van der Waals surface area contributed by atoms with E-state index in [0.717, 1.165) is 6.42 Å². The zero-order valence-electron chi connectivity index (χ0n) is 8.38. The maximum absolute atomic E-state index is 4.25. The molecular formula is C10H17N3. The lowest BCUT2D eigenvalue weighted by Crippen LogP contribution is -2.23. The zero-order chi connectivity index (χ0) is 9.26. The highest BCUT2D eigenvalue weighted by atomic mass is 15.3. The van der Waals surface area contributed by atoms with Crippen molar-refractivity contribution in [2.24, 2.45) is 7.05 Å². The number of hydrogen-bond acceptors (Lipinski definition) is 2. The molecule has 3 heteroatoms. The topological polar surface area (TPSA) is 29.9 Å². The summed E-state index contributed by atoms with van der Waals surface area (Å²) in [4.78, 5) is 0. The number of aryl methyl sites for hydroxylation is 1. The molecule has 2 rings (SSSR count). The lowest BCUT2D eigenvalue weighted by molar-refractivity contribution is 0.600. The van der Waals surface area contributed by atoms with Crippen LogP contribution in [0.1, 0.15) is 24.1 Å². The van der Waals surface area contributed by atoms with Crippen molar-refractivity contribution in [1.82, 2.24) is 15.1 Å². The van der Waals surface area contributed by atoms with Crippen molar-refractivity contribution < 1.29 is 0 Å². The highest BCUT2D eigenvalue weighted by Crippen LogP contribution is 2.14. The summed E-state index contributed by atoms with van der Waals surface area (Å²) < 4.78 is 1.95. The summed E-state index contributed by atoms with van der Waals surface area (Å²) >= 11 is 0. The van der Waals surface area contributed by atoms with Gasteiger partial charge in [-0.2, -0.15) is 5.10 Å². The third-order valence-corrected chi connectivity index (χ3v) is 2.97. The van der Waals surface area contributed by atoms with E-state index in [-0.39, 0.29) is 0 Å². The van der Waals surface area contributed by atoms with Gasteiger partial charge in [-0.1, -0.05) is 0 Å². The summed E-state index contributed by atoms with van der Waals surface area (Å²) in [6.07, 6.45) is 5.77. The SMILES string of the molecule is Cc1c(C[C@@H]2CCCN2)cnn1C. The van der Waals surface area contributed by atoms with E-state index in [1.807, 2.05) is 17.9 Å². The van der Waals surface area contributed by atoms with E-state index >= 15 is 0 Å². The van der Waals surface area contributed by atoms with E-state index in [0.29, 0.717) is 6.04 Å². The van der Waals surface area contributed by atoms with Crippen LogP contribution in [0.5, 0.6) is 0 Å². The maximum Gasteiger partial charge on any atom is 0.0525 e. The number of rotatable bonds is 2. The molecule has 0 aliphatic carbocycles. The Hall–Kier alpha value is -0.830. The summed E-state index contributed by atoms with van der Waals surface area (Å²) in [5, 5.41) is 7.75. The standard InChI is InChI=1S/C10H17N3/c1-8-9(7-12-13(8)2)6-10-4-3-5-11-10/h7,10-11H,3-6H2,1-2H3/t10-/m0/s1. The van der Waals surface area contributed by atoms with Gasteiger partial charge in [0.2, 0.25) is 0 Å². The third kappa shape index (κ3) is 1.75. The lowest BCUT2D eigenvalue weighted by atomic mass is 10.1. The van der Waals surface area contributed by atoms with Gasteiger partial charge in [-0.3, -0.25) is 4.68 Å². The van der Waals surface area contributed by atoms with Crippen molar-refractivity contribution in [2.45, 2.75) is 32.2 Å². The Balaban J connectivity index is 2.04. The fourth-order valence-corrected chi connectivity index (χ4v) is 1.94. The van der Waals surface area contributed by atoms with E-state index in [9.17, 15) is 0 Å². The molecule has 1 saturated heterocycles. The number of nitrogens with zero attached hydrogens (tertiary/aromatic N) is 2. The first-order valence-electron chi connectivity index (χ1n) is 4.98. The molecule has 0 bridgehead atoms. The highest BCUT2D eigenvalue weighted by Gasteiger charge is 2.16. The van der Waals surface area contributed by atoms with Crippen LogP contribution in [0.3, 0.4) is 0 Å². The van der Waals surface area contributed by atoms with Gasteiger partial charge >= 0.3 is 0 Å². The predicted octanol–water partition coefficient (Wildman–Crippen LogP) is 1.02. The Morgan fingerprint density at radius 3 is 3.08 bits per heavy atom. The van der Waals surface area contributed by atoms with Gasteiger partial charge in [0.25, 0.3) is 0 Å². The Kier molecular flexibility index (Phi) is 2.36. The van der Waals surface area contributed by atoms with Crippen molar-refractivity contribution in [3.8, 4) is 0 Å². The van der Waals surface area contributed by atoms with E-state index in [1.165, 1.54) is 30.6 Å². The van der Waals surface area contributed by atoms with Crippen LogP contribution in [0.4, 0.5) is 0 Å². The zero-order valence-corrected chi connectivity index (χ0v) is 8.38. The molecule has 1 atom stereocenters. The summed E-state index contributed by atoms with van der Waals surface area (Å²) in [5.74, 6) is 0. The molecule has 0 unspecified atom stereocenters. The minimum atomic E-state index is 0.683. The fourth-order valence-electron chi connectivity index (χ4n) is 1.94. The van der Waals surface area contributed by atoms with Crippen molar-refractivity contribution in [2.75, 3.05) is 6.54 Å². The van der Waals surface area contributed by atoms with Crippen LogP contribution >= 0.6 is 0 Å². The largest absolute Gasteiger partial charge is 0.314 e. The quantitative estimate of drug-likeness (QED) is 0.734. The molecule has 3 nitrogen and oxygen atoms in total. The lowest BCUT2D eigenvalue weighted by Gasteiger charge is -2.08. The van der Waals surface area contributed by atoms with Gasteiger partial charge in [0.05, 0.1) is 6.20 Å². The Morgan fingerprint density at radius 1 is 1.69 bits per heavy atom. The number of aromatic nitrogens is 2. The molecule has 1 aliphatic rings. The molecule has 2 heterocycles. The molecule has 1 aromatic rings. The molecule has 0 amide bonds. The van der Waals surface area contributed by atoms with Crippen LogP contribution in [0.15, 0.2) is 6.20 Å². The minimum absolute atomic E-state index is 0.683. The van der Waals surface area contributed by atoms with Gasteiger partial charge in [-0.25, -0.2) is 0 Å². The Morgan fingerprint density at radius 2 is 2.54 bits per heavy atom. The second-order valence-corrected chi connectivity index (χ2v) is 3.88. The molecule has 72 valence electrons. The first-order valence-corrected chi connectivity index (χ1v) is 4.98. The molecule has 1 N–H and O–H groups in total. The van der Waals surface area contributed by atoms with Crippen LogP contribution in [-0.2, 0) is 13.5 Å². The average Bonchev–Trinajstić information content (AvgIpc) is 2.71. The van der Waals surface area contributed by atoms with E-state index in [4.69, 9.17) is 0 Å². The third-order valence-electron chi connectivity index (χ3n) is 2.97. The van der Waals surface area contributed by atoms with Crippen molar-refractivity contribution >= 4 is 0 Å². The predicted molar refractivity (Wildman–Crippen MR) is 52.7 cm³/mol. The smallest absolute Gasteiger partial charge is 0.0525 e. The van der Waals surface area contributed by atoms with Gasteiger partial charge in [0, 0.05) is 18.8 Å². The van der Waals surface area contributed by atoms with Crippen molar-refractivity contribution in [3.05, 3.63) is 17.5 Å². The van der Waals surface area contributed by atoms with Gasteiger partial charge < -0.3 is 5.32 Å². The molecule has 0 saturated carbocycles. The normalized spacial score (nSPS) is 22.5. The van der Waals surface area contributed by atoms with Gasteiger partial charge in [0.1, 0.15) is 0 Å². The van der Waals surface area contributed by atoms with Crippen molar-refractivity contribution in [1.29, 1.82) is 0 Å². The molecule has 13 heavy (non-hydrogen) atoms. The number of hydrogen-bond donors (Lipinski definition) is 1. The molecule has 0 spiro atoms. The maximum atomic E-state index is 4.25.